The summed E-state index contributed by atoms with van der Waals surface area (Å²) in [7, 11) is 0. The summed E-state index contributed by atoms with van der Waals surface area (Å²) in [5.41, 5.74) is 0.841. The van der Waals surface area contributed by atoms with Gasteiger partial charge < -0.3 is 14.6 Å². The second-order valence-corrected chi connectivity index (χ2v) is 8.35. The Kier molecular flexibility index (Phi) is 6.77. The maximum Gasteiger partial charge on any atom is 0.347 e. The maximum atomic E-state index is 12.4. The Labute approximate surface area is 177 Å². The number of carbonyl (C=O) groups is 2. The van der Waals surface area contributed by atoms with Crippen LogP contribution in [0.2, 0.25) is 0 Å². The van der Waals surface area contributed by atoms with Crippen LogP contribution in [0.3, 0.4) is 0 Å². The van der Waals surface area contributed by atoms with E-state index in [0.717, 1.165) is 37.1 Å². The van der Waals surface area contributed by atoms with Crippen LogP contribution in [-0.4, -0.2) is 47.2 Å². The number of piperidine rings is 1. The predicted molar refractivity (Wildman–Crippen MR) is 114 cm³/mol. The Bertz CT molecular complexity index is 908. The summed E-state index contributed by atoms with van der Waals surface area (Å²) in [5, 5.41) is 9.28. The summed E-state index contributed by atoms with van der Waals surface area (Å²) in [6.07, 6.45) is 1.99. The molecule has 1 atom stereocenters. The van der Waals surface area contributed by atoms with Crippen LogP contribution < -0.4 is 9.47 Å². The Hall–Kier alpha value is -2.86. The van der Waals surface area contributed by atoms with Crippen molar-refractivity contribution >= 4 is 11.9 Å². The van der Waals surface area contributed by atoms with Crippen molar-refractivity contribution in [3.63, 3.8) is 0 Å². The van der Waals surface area contributed by atoms with Gasteiger partial charge in [0.25, 0.3) is 0 Å². The first-order valence-electron chi connectivity index (χ1n) is 10.2. The van der Waals surface area contributed by atoms with Crippen LogP contribution in [0.25, 0.3) is 0 Å². The van der Waals surface area contributed by atoms with Gasteiger partial charge in [0, 0.05) is 6.54 Å². The van der Waals surface area contributed by atoms with Crippen molar-refractivity contribution in [3.05, 3.63) is 59.7 Å². The quantitative estimate of drug-likeness (QED) is 0.548. The minimum atomic E-state index is -1.29. The second-order valence-electron chi connectivity index (χ2n) is 8.35. The summed E-state index contributed by atoms with van der Waals surface area (Å²) < 4.78 is 11.2. The first kappa shape index (κ1) is 21.8. The fourth-order valence-electron chi connectivity index (χ4n) is 3.67. The van der Waals surface area contributed by atoms with Gasteiger partial charge in [0.2, 0.25) is 0 Å². The third-order valence-corrected chi connectivity index (χ3v) is 5.30. The normalized spacial score (nSPS) is 17.4. The zero-order valence-electron chi connectivity index (χ0n) is 17.8. The Balaban J connectivity index is 1.61. The minimum absolute atomic E-state index is 0.243. The van der Waals surface area contributed by atoms with Crippen LogP contribution in [0.15, 0.2) is 48.5 Å². The minimum Gasteiger partial charge on any atom is -0.478 e. The van der Waals surface area contributed by atoms with Gasteiger partial charge in [-0.25, -0.2) is 4.79 Å². The molecule has 30 heavy (non-hydrogen) atoms. The molecule has 0 radical (unpaired) electrons. The highest BCUT2D eigenvalue weighted by Gasteiger charge is 2.30. The van der Waals surface area contributed by atoms with Gasteiger partial charge in [-0.2, -0.15) is 0 Å². The molecule has 0 saturated carbocycles. The number of hydrogen-bond acceptors (Lipinski definition) is 5. The standard InChI is InChI=1S/C24H29NO5/c1-17-7-4-10-20(13-17)29-22(26)16-25-12-6-9-19(15-25)18-8-5-11-21(14-18)30-24(2,3)23(27)28/h4-5,7-8,10-11,13-14,19H,6,9,12,15-16H2,1-3H3,(H,27,28). The highest BCUT2D eigenvalue weighted by atomic mass is 16.5. The molecular weight excluding hydrogens is 382 g/mol. The number of carboxylic acid groups (broad SMARTS) is 1. The van der Waals surface area contributed by atoms with E-state index in [1.165, 1.54) is 13.8 Å². The van der Waals surface area contributed by atoms with Crippen molar-refractivity contribution in [1.29, 1.82) is 0 Å². The van der Waals surface area contributed by atoms with E-state index in [-0.39, 0.29) is 18.4 Å². The monoisotopic (exact) mass is 411 g/mol. The molecular formula is C24H29NO5. The molecule has 3 rings (SSSR count). The van der Waals surface area contributed by atoms with Gasteiger partial charge in [-0.05, 0) is 81.5 Å². The number of aliphatic carboxylic acids is 1. The van der Waals surface area contributed by atoms with Crippen LogP contribution in [-0.2, 0) is 9.59 Å². The molecule has 0 aromatic heterocycles. The Morgan fingerprint density at radius 2 is 1.87 bits per heavy atom. The van der Waals surface area contributed by atoms with Gasteiger partial charge in [0.05, 0.1) is 6.54 Å². The fourth-order valence-corrected chi connectivity index (χ4v) is 3.67. The smallest absolute Gasteiger partial charge is 0.347 e. The molecule has 0 aliphatic carbocycles. The predicted octanol–water partition coefficient (Wildman–Crippen LogP) is 4.02. The number of benzene rings is 2. The zero-order chi connectivity index (χ0) is 21.7. The first-order valence-corrected chi connectivity index (χ1v) is 10.2. The van der Waals surface area contributed by atoms with Crippen LogP contribution in [0, 0.1) is 6.92 Å². The van der Waals surface area contributed by atoms with E-state index in [1.54, 1.807) is 12.1 Å². The molecule has 1 fully saturated rings. The molecule has 1 N–H and O–H groups in total. The zero-order valence-corrected chi connectivity index (χ0v) is 17.8. The number of rotatable bonds is 7. The van der Waals surface area contributed by atoms with E-state index in [4.69, 9.17) is 9.47 Å². The highest BCUT2D eigenvalue weighted by Crippen LogP contribution is 2.30. The lowest BCUT2D eigenvalue weighted by molar-refractivity contribution is -0.152. The number of carbonyl (C=O) groups excluding carboxylic acids is 1. The molecule has 1 saturated heterocycles. The van der Waals surface area contributed by atoms with E-state index in [1.807, 2.05) is 43.3 Å². The summed E-state index contributed by atoms with van der Waals surface area (Å²) in [6, 6.07) is 15.1. The highest BCUT2D eigenvalue weighted by molar-refractivity contribution is 5.76. The number of esters is 1. The average molecular weight is 411 g/mol. The molecule has 2 aromatic carbocycles. The second kappa shape index (κ2) is 9.30. The topological polar surface area (TPSA) is 76.1 Å². The van der Waals surface area contributed by atoms with Gasteiger partial charge in [0.1, 0.15) is 11.5 Å². The van der Waals surface area contributed by atoms with E-state index < -0.39 is 11.6 Å². The van der Waals surface area contributed by atoms with Gasteiger partial charge >= 0.3 is 11.9 Å². The summed E-state index contributed by atoms with van der Waals surface area (Å²) in [5.74, 6) is 0.0859. The number of aryl methyl sites for hydroxylation is 1. The van der Waals surface area contributed by atoms with Crippen LogP contribution in [0.1, 0.15) is 43.7 Å². The van der Waals surface area contributed by atoms with Crippen LogP contribution in [0.4, 0.5) is 0 Å². The molecule has 6 heteroatoms. The van der Waals surface area contributed by atoms with Gasteiger partial charge in [0.15, 0.2) is 5.60 Å². The molecule has 0 spiro atoms. The third-order valence-electron chi connectivity index (χ3n) is 5.30. The number of nitrogens with zero attached hydrogens (tertiary/aromatic N) is 1. The van der Waals surface area contributed by atoms with Crippen molar-refractivity contribution in [2.45, 2.75) is 45.1 Å². The lowest BCUT2D eigenvalue weighted by atomic mass is 9.90. The molecule has 6 nitrogen and oxygen atoms in total. The van der Waals surface area contributed by atoms with Crippen molar-refractivity contribution in [2.24, 2.45) is 0 Å². The summed E-state index contributed by atoms with van der Waals surface area (Å²) in [6.45, 7) is 6.86. The van der Waals surface area contributed by atoms with Crippen molar-refractivity contribution < 1.29 is 24.2 Å². The van der Waals surface area contributed by atoms with E-state index in [2.05, 4.69) is 4.90 Å². The molecule has 1 aliphatic heterocycles. The van der Waals surface area contributed by atoms with Crippen LogP contribution in [0.5, 0.6) is 11.5 Å². The van der Waals surface area contributed by atoms with Gasteiger partial charge in [-0.15, -0.1) is 0 Å². The number of carboxylic acids is 1. The SMILES string of the molecule is Cc1cccc(OC(=O)CN2CCCC(c3cccc(OC(C)(C)C(=O)O)c3)C2)c1. The first-order chi connectivity index (χ1) is 14.2. The summed E-state index contributed by atoms with van der Waals surface area (Å²) in [4.78, 5) is 25.8. The van der Waals surface area contributed by atoms with Crippen molar-refractivity contribution in [1.82, 2.24) is 4.90 Å². The fraction of sp³-hybridized carbons (Fsp3) is 0.417. The maximum absolute atomic E-state index is 12.4. The molecule has 2 aromatic rings. The van der Waals surface area contributed by atoms with Gasteiger partial charge in [-0.3, -0.25) is 9.69 Å². The number of likely N-dealkylation sites (tertiary alicyclic amines) is 1. The lowest BCUT2D eigenvalue weighted by Crippen LogP contribution is -2.39. The third kappa shape index (κ3) is 5.83. The average Bonchev–Trinajstić information content (AvgIpc) is 2.68. The molecule has 1 heterocycles. The van der Waals surface area contributed by atoms with E-state index in [0.29, 0.717) is 11.5 Å². The van der Waals surface area contributed by atoms with E-state index in [9.17, 15) is 14.7 Å². The number of hydrogen-bond donors (Lipinski definition) is 1. The molecule has 160 valence electrons. The molecule has 0 bridgehead atoms. The van der Waals surface area contributed by atoms with E-state index >= 15 is 0 Å². The van der Waals surface area contributed by atoms with Crippen molar-refractivity contribution in [2.75, 3.05) is 19.6 Å². The molecule has 1 aliphatic rings. The summed E-state index contributed by atoms with van der Waals surface area (Å²) >= 11 is 0. The van der Waals surface area contributed by atoms with Crippen LogP contribution >= 0.6 is 0 Å². The Morgan fingerprint density at radius 1 is 1.13 bits per heavy atom. The number of ether oxygens (including phenoxy) is 2. The van der Waals surface area contributed by atoms with Gasteiger partial charge in [-0.1, -0.05) is 24.3 Å². The lowest BCUT2D eigenvalue weighted by Gasteiger charge is -2.32. The van der Waals surface area contributed by atoms with Crippen molar-refractivity contribution in [3.8, 4) is 11.5 Å². The molecule has 1 unspecified atom stereocenters. The molecule has 0 amide bonds. The Morgan fingerprint density at radius 3 is 2.60 bits per heavy atom. The largest absolute Gasteiger partial charge is 0.478 e.